The molecule has 4 heteroatoms. The third-order valence-corrected chi connectivity index (χ3v) is 3.47. The fourth-order valence-corrected chi connectivity index (χ4v) is 2.34. The Morgan fingerprint density at radius 2 is 2.00 bits per heavy atom. The molecule has 2 N–H and O–H groups in total. The van der Waals surface area contributed by atoms with Gasteiger partial charge in [-0.1, -0.05) is 41.1 Å². The van der Waals surface area contributed by atoms with Gasteiger partial charge in [0.1, 0.15) is 11.6 Å². The van der Waals surface area contributed by atoms with Crippen molar-refractivity contribution in [1.82, 2.24) is 0 Å². The van der Waals surface area contributed by atoms with Crippen molar-refractivity contribution in [2.24, 2.45) is 0 Å². The quantitative estimate of drug-likeness (QED) is 0.842. The van der Waals surface area contributed by atoms with Gasteiger partial charge in [0.25, 0.3) is 0 Å². The van der Waals surface area contributed by atoms with Crippen LogP contribution in [-0.4, -0.2) is 5.11 Å². The minimum Gasteiger partial charge on any atom is -0.508 e. The summed E-state index contributed by atoms with van der Waals surface area (Å²) in [6.07, 6.45) is 0.740. The molecule has 2 nitrogen and oxygen atoms in total. The van der Waals surface area contributed by atoms with Gasteiger partial charge in [-0.25, -0.2) is 4.39 Å². The van der Waals surface area contributed by atoms with Crippen LogP contribution in [0.1, 0.15) is 24.9 Å². The number of hydrogen-bond donors (Lipinski definition) is 2. The molecule has 0 aliphatic heterocycles. The first kappa shape index (κ1) is 13.9. The highest BCUT2D eigenvalue weighted by molar-refractivity contribution is 9.10. The summed E-state index contributed by atoms with van der Waals surface area (Å²) in [5, 5.41) is 13.0. The predicted octanol–water partition coefficient (Wildman–Crippen LogP) is 4.86. The van der Waals surface area contributed by atoms with E-state index in [1.165, 1.54) is 6.07 Å². The predicted molar refractivity (Wildman–Crippen MR) is 78.9 cm³/mol. The third-order valence-electron chi connectivity index (χ3n) is 2.98. The molecule has 2 rings (SSSR count). The van der Waals surface area contributed by atoms with Gasteiger partial charge in [0, 0.05) is 10.0 Å². The Hall–Kier alpha value is -1.55. The second-order valence-electron chi connectivity index (χ2n) is 4.29. The average Bonchev–Trinajstić information content (AvgIpc) is 2.41. The minimum atomic E-state index is -0.308. The molecular weight excluding hydrogens is 309 g/mol. The summed E-state index contributed by atoms with van der Waals surface area (Å²) in [5.41, 5.74) is 1.19. The van der Waals surface area contributed by atoms with E-state index in [1.54, 1.807) is 24.3 Å². The molecule has 1 unspecified atom stereocenters. The standard InChI is InChI=1S/C15H15BrFNO/c1-2-13(11-5-3-4-6-15(11)19)18-14-9-10(16)7-8-12(14)17/h3-9,13,18-19H,2H2,1H3. The molecule has 2 aromatic rings. The largest absolute Gasteiger partial charge is 0.508 e. The molecule has 0 radical (unpaired) electrons. The molecule has 0 aliphatic carbocycles. The molecule has 0 heterocycles. The lowest BCUT2D eigenvalue weighted by molar-refractivity contribution is 0.462. The second kappa shape index (κ2) is 6.06. The SMILES string of the molecule is CCC(Nc1cc(Br)ccc1F)c1ccccc1O. The number of para-hydroxylation sites is 1. The van der Waals surface area contributed by atoms with E-state index in [0.717, 1.165) is 16.5 Å². The van der Waals surface area contributed by atoms with Crippen LogP contribution in [0.25, 0.3) is 0 Å². The molecule has 1 atom stereocenters. The Kier molecular flexibility index (Phi) is 4.43. The summed E-state index contributed by atoms with van der Waals surface area (Å²) >= 11 is 3.32. The zero-order valence-corrected chi connectivity index (χ0v) is 12.1. The van der Waals surface area contributed by atoms with Crippen molar-refractivity contribution in [2.45, 2.75) is 19.4 Å². The van der Waals surface area contributed by atoms with Gasteiger partial charge >= 0.3 is 0 Å². The lowest BCUT2D eigenvalue weighted by Crippen LogP contribution is -2.11. The van der Waals surface area contributed by atoms with E-state index in [-0.39, 0.29) is 17.6 Å². The summed E-state index contributed by atoms with van der Waals surface area (Å²) in [6, 6.07) is 11.7. The number of aromatic hydroxyl groups is 1. The van der Waals surface area contributed by atoms with E-state index >= 15 is 0 Å². The molecule has 0 spiro atoms. The second-order valence-corrected chi connectivity index (χ2v) is 5.20. The molecular formula is C15H15BrFNO. The molecule has 0 saturated carbocycles. The van der Waals surface area contributed by atoms with Crippen molar-refractivity contribution >= 4 is 21.6 Å². The van der Waals surface area contributed by atoms with Crippen molar-refractivity contribution in [3.05, 3.63) is 58.3 Å². The normalized spacial score (nSPS) is 12.2. The summed E-state index contributed by atoms with van der Waals surface area (Å²) in [6.45, 7) is 1.99. The lowest BCUT2D eigenvalue weighted by Gasteiger charge is -2.20. The Morgan fingerprint density at radius 3 is 2.68 bits per heavy atom. The van der Waals surface area contributed by atoms with E-state index in [9.17, 15) is 9.50 Å². The monoisotopic (exact) mass is 323 g/mol. The Labute approximate surface area is 120 Å². The van der Waals surface area contributed by atoms with Crippen molar-refractivity contribution in [3.63, 3.8) is 0 Å². The Balaban J connectivity index is 2.29. The van der Waals surface area contributed by atoms with Crippen LogP contribution in [0.5, 0.6) is 5.75 Å². The molecule has 0 fully saturated rings. The van der Waals surface area contributed by atoms with E-state index in [1.807, 2.05) is 19.1 Å². The van der Waals surface area contributed by atoms with Gasteiger partial charge in [0.05, 0.1) is 11.7 Å². The van der Waals surface area contributed by atoms with E-state index in [2.05, 4.69) is 21.2 Å². The smallest absolute Gasteiger partial charge is 0.146 e. The van der Waals surface area contributed by atoms with Gasteiger partial charge in [-0.05, 0) is 30.7 Å². The number of phenols is 1. The molecule has 100 valence electrons. The van der Waals surface area contributed by atoms with Crippen molar-refractivity contribution in [2.75, 3.05) is 5.32 Å². The average molecular weight is 324 g/mol. The van der Waals surface area contributed by atoms with Crippen LogP contribution in [0.2, 0.25) is 0 Å². The molecule has 0 aliphatic rings. The number of benzene rings is 2. The highest BCUT2D eigenvalue weighted by Gasteiger charge is 2.14. The van der Waals surface area contributed by atoms with E-state index < -0.39 is 0 Å². The number of anilines is 1. The minimum absolute atomic E-state index is 0.134. The van der Waals surface area contributed by atoms with Crippen LogP contribution >= 0.6 is 15.9 Å². The maximum absolute atomic E-state index is 13.7. The van der Waals surface area contributed by atoms with Gasteiger partial charge in [-0.2, -0.15) is 0 Å². The molecule has 19 heavy (non-hydrogen) atoms. The Morgan fingerprint density at radius 1 is 1.26 bits per heavy atom. The maximum atomic E-state index is 13.7. The van der Waals surface area contributed by atoms with Crippen LogP contribution < -0.4 is 5.32 Å². The summed E-state index contributed by atoms with van der Waals surface area (Å²) in [5.74, 6) is -0.0886. The number of halogens is 2. The lowest BCUT2D eigenvalue weighted by atomic mass is 10.0. The van der Waals surface area contributed by atoms with Gasteiger partial charge in [0.15, 0.2) is 0 Å². The van der Waals surface area contributed by atoms with Crippen LogP contribution in [0.15, 0.2) is 46.9 Å². The Bertz CT molecular complexity index is 574. The zero-order valence-electron chi connectivity index (χ0n) is 10.5. The fourth-order valence-electron chi connectivity index (χ4n) is 1.98. The van der Waals surface area contributed by atoms with Gasteiger partial charge in [0.2, 0.25) is 0 Å². The summed E-state index contributed by atoms with van der Waals surface area (Å²) in [7, 11) is 0. The van der Waals surface area contributed by atoms with Gasteiger partial charge in [-0.3, -0.25) is 0 Å². The van der Waals surface area contributed by atoms with E-state index in [0.29, 0.717) is 5.69 Å². The summed E-state index contributed by atoms with van der Waals surface area (Å²) < 4.78 is 14.5. The molecule has 0 aromatic heterocycles. The van der Waals surface area contributed by atoms with E-state index in [4.69, 9.17) is 0 Å². The number of phenolic OH excluding ortho intramolecular Hbond substituents is 1. The van der Waals surface area contributed by atoms with Crippen LogP contribution in [0.3, 0.4) is 0 Å². The first-order valence-electron chi connectivity index (χ1n) is 6.11. The number of rotatable bonds is 4. The molecule has 0 amide bonds. The van der Waals surface area contributed by atoms with Crippen LogP contribution in [0.4, 0.5) is 10.1 Å². The molecule has 0 saturated heterocycles. The topological polar surface area (TPSA) is 32.3 Å². The fraction of sp³-hybridized carbons (Fsp3) is 0.200. The highest BCUT2D eigenvalue weighted by Crippen LogP contribution is 2.31. The molecule has 2 aromatic carbocycles. The van der Waals surface area contributed by atoms with Crippen LogP contribution in [0, 0.1) is 5.82 Å². The van der Waals surface area contributed by atoms with Gasteiger partial charge in [-0.15, -0.1) is 0 Å². The number of hydrogen-bond acceptors (Lipinski definition) is 2. The van der Waals surface area contributed by atoms with Crippen molar-refractivity contribution < 1.29 is 9.50 Å². The molecule has 0 bridgehead atoms. The zero-order chi connectivity index (χ0) is 13.8. The maximum Gasteiger partial charge on any atom is 0.146 e. The summed E-state index contributed by atoms with van der Waals surface area (Å²) in [4.78, 5) is 0. The van der Waals surface area contributed by atoms with Crippen molar-refractivity contribution in [1.29, 1.82) is 0 Å². The third kappa shape index (κ3) is 3.26. The first-order chi connectivity index (χ1) is 9.11. The van der Waals surface area contributed by atoms with Crippen molar-refractivity contribution in [3.8, 4) is 5.75 Å². The highest BCUT2D eigenvalue weighted by atomic mass is 79.9. The number of nitrogens with one attached hydrogen (secondary N) is 1. The van der Waals surface area contributed by atoms with Crippen LogP contribution in [-0.2, 0) is 0 Å². The van der Waals surface area contributed by atoms with Gasteiger partial charge < -0.3 is 10.4 Å². The first-order valence-corrected chi connectivity index (χ1v) is 6.90.